The first-order valence-corrected chi connectivity index (χ1v) is 10.2. The highest BCUT2D eigenvalue weighted by Crippen LogP contribution is 2.26. The van der Waals surface area contributed by atoms with Gasteiger partial charge in [-0.1, -0.05) is 6.07 Å². The monoisotopic (exact) mass is 418 g/mol. The second-order valence-electron chi connectivity index (χ2n) is 7.79. The first kappa shape index (κ1) is 19.1. The number of likely N-dealkylation sites (tertiary alicyclic amines) is 1. The molecule has 0 spiro atoms. The number of fused-ring (bicyclic) bond motifs is 2. The van der Waals surface area contributed by atoms with Gasteiger partial charge < -0.3 is 20.4 Å². The van der Waals surface area contributed by atoms with E-state index in [1.165, 1.54) is 6.92 Å². The second kappa shape index (κ2) is 7.42. The maximum atomic E-state index is 13.2. The summed E-state index contributed by atoms with van der Waals surface area (Å²) in [6, 6.07) is 9.76. The van der Waals surface area contributed by atoms with Crippen LogP contribution in [0.4, 0.5) is 6.01 Å². The number of carbonyl (C=O) groups is 2. The Balaban J connectivity index is 1.42. The van der Waals surface area contributed by atoms with Crippen molar-refractivity contribution in [3.8, 4) is 11.1 Å². The maximum Gasteiger partial charge on any atom is 0.292 e. The average Bonchev–Trinajstić information content (AvgIpc) is 3.34. The van der Waals surface area contributed by atoms with Crippen molar-refractivity contribution in [2.45, 2.75) is 25.8 Å². The summed E-state index contributed by atoms with van der Waals surface area (Å²) in [7, 11) is 0. The number of oxazole rings is 1. The molecule has 3 aromatic heterocycles. The highest BCUT2D eigenvalue weighted by Gasteiger charge is 2.26. The summed E-state index contributed by atoms with van der Waals surface area (Å²) in [6.07, 6.45) is 5.01. The number of amides is 2. The van der Waals surface area contributed by atoms with Crippen LogP contribution < -0.4 is 11.1 Å². The number of hydrogen-bond donors (Lipinski definition) is 2. The molecule has 9 nitrogen and oxygen atoms in total. The second-order valence-corrected chi connectivity index (χ2v) is 7.79. The standard InChI is InChI=1S/C22H22N6O3/c1-13(29)25-16-6-8-27(9-7-16)21(30)18-11-24-20-5-3-15(12-28(18)20)14-2-4-19-17(10-14)26-22(23)31-19/h2-5,10-12,16H,6-9H2,1H3,(H2,23,26)(H,25,29). The number of nitrogens with zero attached hydrogens (tertiary/aromatic N) is 4. The molecular formula is C22H22N6O3. The molecule has 1 aliphatic heterocycles. The summed E-state index contributed by atoms with van der Waals surface area (Å²) in [6.45, 7) is 2.71. The van der Waals surface area contributed by atoms with Crippen LogP contribution in [0.1, 0.15) is 30.3 Å². The molecule has 9 heteroatoms. The third-order valence-corrected chi connectivity index (χ3v) is 5.65. The predicted molar refractivity (Wildman–Crippen MR) is 115 cm³/mol. The summed E-state index contributed by atoms with van der Waals surface area (Å²) >= 11 is 0. The fourth-order valence-corrected chi connectivity index (χ4v) is 4.11. The normalized spacial score (nSPS) is 14.9. The molecule has 2 amide bonds. The van der Waals surface area contributed by atoms with Crippen LogP contribution in [0, 0.1) is 0 Å². The molecule has 0 saturated carbocycles. The van der Waals surface area contributed by atoms with E-state index in [9.17, 15) is 9.59 Å². The lowest BCUT2D eigenvalue weighted by atomic mass is 10.0. The van der Waals surface area contributed by atoms with Crippen molar-refractivity contribution in [2.75, 3.05) is 18.8 Å². The van der Waals surface area contributed by atoms with Crippen LogP contribution in [0.25, 0.3) is 27.9 Å². The van der Waals surface area contributed by atoms with Crippen LogP contribution >= 0.6 is 0 Å². The number of rotatable bonds is 3. The zero-order valence-corrected chi connectivity index (χ0v) is 17.0. The van der Waals surface area contributed by atoms with Gasteiger partial charge in [-0.15, -0.1) is 0 Å². The van der Waals surface area contributed by atoms with Gasteiger partial charge >= 0.3 is 0 Å². The molecule has 0 bridgehead atoms. The Bertz CT molecular complexity index is 1300. The van der Waals surface area contributed by atoms with E-state index in [0.717, 1.165) is 24.0 Å². The van der Waals surface area contributed by atoms with Gasteiger partial charge in [-0.3, -0.25) is 14.0 Å². The highest BCUT2D eigenvalue weighted by atomic mass is 16.4. The van der Waals surface area contributed by atoms with Gasteiger partial charge in [0.2, 0.25) is 5.91 Å². The van der Waals surface area contributed by atoms with E-state index in [1.54, 1.807) is 6.20 Å². The van der Waals surface area contributed by atoms with Gasteiger partial charge in [0.15, 0.2) is 5.58 Å². The molecule has 1 fully saturated rings. The molecule has 0 aliphatic carbocycles. The number of benzene rings is 1. The first-order valence-electron chi connectivity index (χ1n) is 10.2. The molecule has 31 heavy (non-hydrogen) atoms. The largest absolute Gasteiger partial charge is 0.424 e. The Hall–Kier alpha value is -3.88. The topological polar surface area (TPSA) is 119 Å². The average molecular weight is 418 g/mol. The van der Waals surface area contributed by atoms with Crippen LogP contribution in [0.3, 0.4) is 0 Å². The third-order valence-electron chi connectivity index (χ3n) is 5.65. The van der Waals surface area contributed by atoms with Gasteiger partial charge in [0.05, 0.1) is 6.20 Å². The predicted octanol–water partition coefficient (Wildman–Crippen LogP) is 2.47. The van der Waals surface area contributed by atoms with Crippen molar-refractivity contribution < 1.29 is 14.0 Å². The lowest BCUT2D eigenvalue weighted by Gasteiger charge is -2.32. The van der Waals surface area contributed by atoms with E-state index in [-0.39, 0.29) is 23.9 Å². The van der Waals surface area contributed by atoms with Gasteiger partial charge in [0.25, 0.3) is 11.9 Å². The molecule has 4 heterocycles. The minimum absolute atomic E-state index is 0.0365. The quantitative estimate of drug-likeness (QED) is 0.528. The van der Waals surface area contributed by atoms with Crippen molar-refractivity contribution in [3.63, 3.8) is 0 Å². The zero-order chi connectivity index (χ0) is 21.5. The molecule has 0 radical (unpaired) electrons. The number of carbonyl (C=O) groups excluding carboxylic acids is 2. The van der Waals surface area contributed by atoms with Gasteiger partial charge in [-0.25, -0.2) is 4.98 Å². The Morgan fingerprint density at radius 1 is 1.16 bits per heavy atom. The van der Waals surface area contributed by atoms with Gasteiger partial charge in [0.1, 0.15) is 16.9 Å². The number of hydrogen-bond acceptors (Lipinski definition) is 6. The van der Waals surface area contributed by atoms with Crippen molar-refractivity contribution in [3.05, 3.63) is 48.4 Å². The van der Waals surface area contributed by atoms with Crippen LogP contribution in [0.15, 0.2) is 47.1 Å². The van der Waals surface area contributed by atoms with E-state index < -0.39 is 0 Å². The minimum Gasteiger partial charge on any atom is -0.424 e. The molecule has 0 unspecified atom stereocenters. The van der Waals surface area contributed by atoms with E-state index >= 15 is 0 Å². The summed E-state index contributed by atoms with van der Waals surface area (Å²) in [5, 5.41) is 2.93. The molecule has 5 rings (SSSR count). The summed E-state index contributed by atoms with van der Waals surface area (Å²) in [5.41, 5.74) is 10.0. The molecule has 1 aromatic carbocycles. The number of piperidine rings is 1. The van der Waals surface area contributed by atoms with E-state index in [2.05, 4.69) is 15.3 Å². The van der Waals surface area contributed by atoms with Crippen LogP contribution in [-0.2, 0) is 4.79 Å². The van der Waals surface area contributed by atoms with Crippen LogP contribution in [0.2, 0.25) is 0 Å². The Labute approximate surface area is 177 Å². The van der Waals surface area contributed by atoms with E-state index in [0.29, 0.717) is 35.5 Å². The highest BCUT2D eigenvalue weighted by molar-refractivity contribution is 5.93. The number of pyridine rings is 1. The van der Waals surface area contributed by atoms with Crippen molar-refractivity contribution in [1.29, 1.82) is 0 Å². The first-order chi connectivity index (χ1) is 15.0. The number of nitrogens with one attached hydrogen (secondary N) is 1. The molecule has 4 aromatic rings. The molecule has 1 aliphatic rings. The van der Waals surface area contributed by atoms with Crippen LogP contribution in [0.5, 0.6) is 0 Å². The van der Waals surface area contributed by atoms with E-state index in [4.69, 9.17) is 10.2 Å². The SMILES string of the molecule is CC(=O)NC1CCN(C(=O)c2cnc3ccc(-c4ccc5oc(N)nc5c4)cn23)CC1. The molecule has 1 saturated heterocycles. The van der Waals surface area contributed by atoms with Crippen molar-refractivity contribution in [1.82, 2.24) is 24.6 Å². The van der Waals surface area contributed by atoms with Gasteiger partial charge in [-0.05, 0) is 48.2 Å². The molecular weight excluding hydrogens is 396 g/mol. The Kier molecular flexibility index (Phi) is 4.58. The fourth-order valence-electron chi connectivity index (χ4n) is 4.11. The lowest BCUT2D eigenvalue weighted by molar-refractivity contribution is -0.119. The van der Waals surface area contributed by atoms with Gasteiger partial charge in [-0.2, -0.15) is 4.98 Å². The Morgan fingerprint density at radius 2 is 1.94 bits per heavy atom. The number of nitrogen functional groups attached to an aromatic ring is 1. The Morgan fingerprint density at radius 3 is 2.71 bits per heavy atom. The maximum absolute atomic E-state index is 13.2. The zero-order valence-electron chi connectivity index (χ0n) is 17.0. The minimum atomic E-state index is -0.0642. The van der Waals surface area contributed by atoms with Crippen molar-refractivity contribution in [2.24, 2.45) is 0 Å². The fraction of sp³-hybridized carbons (Fsp3) is 0.273. The summed E-state index contributed by atoms with van der Waals surface area (Å²) in [5.74, 6) is -0.101. The number of anilines is 1. The number of nitrogens with two attached hydrogens (primary N) is 1. The van der Waals surface area contributed by atoms with Crippen LogP contribution in [-0.4, -0.2) is 50.2 Å². The summed E-state index contributed by atoms with van der Waals surface area (Å²) < 4.78 is 7.16. The van der Waals surface area contributed by atoms with E-state index in [1.807, 2.05) is 45.8 Å². The molecule has 158 valence electrons. The smallest absolute Gasteiger partial charge is 0.292 e. The third kappa shape index (κ3) is 3.58. The number of imidazole rings is 1. The lowest BCUT2D eigenvalue weighted by Crippen LogP contribution is -2.46. The number of aromatic nitrogens is 3. The van der Waals surface area contributed by atoms with Gasteiger partial charge in [0, 0.05) is 32.3 Å². The molecule has 0 atom stereocenters. The van der Waals surface area contributed by atoms with Crippen molar-refractivity contribution >= 4 is 34.6 Å². The summed E-state index contributed by atoms with van der Waals surface area (Å²) in [4.78, 5) is 34.8. The molecule has 3 N–H and O–H groups in total.